The third-order valence-electron chi connectivity index (χ3n) is 3.49. The van der Waals surface area contributed by atoms with Crippen LogP contribution in [-0.2, 0) is 10.0 Å². The Morgan fingerprint density at radius 3 is 2.65 bits per heavy atom. The first kappa shape index (κ1) is 16.0. The van der Waals surface area contributed by atoms with Crippen LogP contribution in [0.25, 0.3) is 0 Å². The molecule has 1 aromatic rings. The summed E-state index contributed by atoms with van der Waals surface area (Å²) >= 11 is 11.6. The van der Waals surface area contributed by atoms with Crippen molar-refractivity contribution in [2.75, 3.05) is 27.2 Å². The van der Waals surface area contributed by atoms with Crippen molar-refractivity contribution in [2.45, 2.75) is 23.8 Å². The third-order valence-corrected chi connectivity index (χ3v) is 6.00. The standard InChI is InChI=1S/C12H17Cl2N3O2S/c1-16(2)9-4-3-7-17(8-9)20(18,19)10-5-6-11(13)15-12(10)14/h5-6,9H,3-4,7-8H2,1-2H3/t9-/m1/s1. The zero-order valence-corrected chi connectivity index (χ0v) is 13.7. The van der Waals surface area contributed by atoms with Crippen LogP contribution in [0.4, 0.5) is 0 Å². The molecule has 0 bridgehead atoms. The predicted molar refractivity (Wildman–Crippen MR) is 79.7 cm³/mol. The largest absolute Gasteiger partial charge is 0.305 e. The zero-order valence-electron chi connectivity index (χ0n) is 11.4. The zero-order chi connectivity index (χ0) is 14.9. The second-order valence-electron chi connectivity index (χ2n) is 5.05. The van der Waals surface area contributed by atoms with E-state index in [1.165, 1.54) is 16.4 Å². The van der Waals surface area contributed by atoms with Gasteiger partial charge in [-0.2, -0.15) is 4.31 Å². The molecule has 2 rings (SSSR count). The molecule has 0 radical (unpaired) electrons. The highest BCUT2D eigenvalue weighted by Gasteiger charge is 2.32. The van der Waals surface area contributed by atoms with Gasteiger partial charge in [-0.15, -0.1) is 0 Å². The second-order valence-corrected chi connectivity index (χ2v) is 7.70. The van der Waals surface area contributed by atoms with E-state index in [0.29, 0.717) is 13.1 Å². The van der Waals surface area contributed by atoms with E-state index in [4.69, 9.17) is 23.2 Å². The quantitative estimate of drug-likeness (QED) is 0.792. The van der Waals surface area contributed by atoms with E-state index in [2.05, 4.69) is 4.98 Å². The van der Waals surface area contributed by atoms with Gasteiger partial charge in [0.1, 0.15) is 10.0 Å². The molecule has 2 heterocycles. The molecule has 1 aromatic heterocycles. The molecule has 0 spiro atoms. The van der Waals surface area contributed by atoms with Gasteiger partial charge in [-0.1, -0.05) is 23.2 Å². The predicted octanol–water partition coefficient (Wildman–Crippen LogP) is 2.10. The van der Waals surface area contributed by atoms with E-state index >= 15 is 0 Å². The van der Waals surface area contributed by atoms with Gasteiger partial charge in [-0.05, 0) is 39.1 Å². The Bertz CT molecular complexity index is 592. The highest BCUT2D eigenvalue weighted by molar-refractivity contribution is 7.89. The van der Waals surface area contributed by atoms with Gasteiger partial charge < -0.3 is 4.90 Å². The molecule has 20 heavy (non-hydrogen) atoms. The van der Waals surface area contributed by atoms with Gasteiger partial charge in [0.05, 0.1) is 0 Å². The fraction of sp³-hybridized carbons (Fsp3) is 0.583. The first-order valence-corrected chi connectivity index (χ1v) is 8.50. The smallest absolute Gasteiger partial charge is 0.246 e. The number of likely N-dealkylation sites (N-methyl/N-ethyl adjacent to an activating group) is 1. The van der Waals surface area contributed by atoms with E-state index in [-0.39, 0.29) is 21.2 Å². The highest BCUT2D eigenvalue weighted by Crippen LogP contribution is 2.27. The normalized spacial score (nSPS) is 21.4. The molecule has 1 saturated heterocycles. The minimum Gasteiger partial charge on any atom is -0.305 e. The molecule has 0 unspecified atom stereocenters. The number of rotatable bonds is 3. The summed E-state index contributed by atoms with van der Waals surface area (Å²) in [6, 6.07) is 3.07. The van der Waals surface area contributed by atoms with Gasteiger partial charge in [-0.3, -0.25) is 0 Å². The third kappa shape index (κ3) is 3.26. The summed E-state index contributed by atoms with van der Waals surface area (Å²) in [6.07, 6.45) is 1.83. The molecule has 1 fully saturated rings. The van der Waals surface area contributed by atoms with Gasteiger partial charge in [-0.25, -0.2) is 13.4 Å². The number of hydrogen-bond acceptors (Lipinski definition) is 4. The van der Waals surface area contributed by atoms with Crippen molar-refractivity contribution >= 4 is 33.2 Å². The lowest BCUT2D eigenvalue weighted by Gasteiger charge is -2.35. The lowest BCUT2D eigenvalue weighted by atomic mass is 10.1. The lowest BCUT2D eigenvalue weighted by molar-refractivity contribution is 0.190. The van der Waals surface area contributed by atoms with Gasteiger partial charge in [0.25, 0.3) is 0 Å². The summed E-state index contributed by atoms with van der Waals surface area (Å²) in [5.41, 5.74) is 0. The van der Waals surface area contributed by atoms with E-state index in [1.54, 1.807) is 0 Å². The number of aromatic nitrogens is 1. The molecular weight excluding hydrogens is 321 g/mol. The Kier molecular flexibility index (Phi) is 4.92. The maximum atomic E-state index is 12.6. The molecule has 112 valence electrons. The van der Waals surface area contributed by atoms with E-state index < -0.39 is 10.0 Å². The Labute approximate surface area is 129 Å². The number of halogens is 2. The first-order chi connectivity index (χ1) is 9.32. The number of nitrogens with zero attached hydrogens (tertiary/aromatic N) is 3. The van der Waals surface area contributed by atoms with Crippen molar-refractivity contribution in [2.24, 2.45) is 0 Å². The fourth-order valence-corrected chi connectivity index (χ4v) is 4.44. The SMILES string of the molecule is CN(C)[C@@H]1CCCN(S(=O)(=O)c2ccc(Cl)nc2Cl)C1. The molecular formula is C12H17Cl2N3O2S. The van der Waals surface area contributed by atoms with Crippen LogP contribution >= 0.6 is 23.2 Å². The summed E-state index contributed by atoms with van der Waals surface area (Å²) in [5.74, 6) is 0. The number of pyridine rings is 1. The molecule has 0 saturated carbocycles. The molecule has 1 aliphatic rings. The van der Waals surface area contributed by atoms with E-state index in [9.17, 15) is 8.42 Å². The van der Waals surface area contributed by atoms with Gasteiger partial charge in [0.2, 0.25) is 10.0 Å². The summed E-state index contributed by atoms with van der Waals surface area (Å²) in [5, 5.41) is 0.100. The van der Waals surface area contributed by atoms with E-state index in [0.717, 1.165) is 12.8 Å². The van der Waals surface area contributed by atoms with Crippen molar-refractivity contribution in [3.8, 4) is 0 Å². The topological polar surface area (TPSA) is 53.5 Å². The first-order valence-electron chi connectivity index (χ1n) is 6.31. The van der Waals surface area contributed by atoms with Crippen LogP contribution in [0.3, 0.4) is 0 Å². The number of hydrogen-bond donors (Lipinski definition) is 0. The number of sulfonamides is 1. The Morgan fingerprint density at radius 1 is 1.35 bits per heavy atom. The maximum Gasteiger partial charge on any atom is 0.246 e. The molecule has 8 heteroatoms. The molecule has 0 aromatic carbocycles. The summed E-state index contributed by atoms with van der Waals surface area (Å²) in [7, 11) is 0.290. The second kappa shape index (κ2) is 6.15. The average molecular weight is 338 g/mol. The summed E-state index contributed by atoms with van der Waals surface area (Å²) < 4.78 is 26.7. The minimum absolute atomic E-state index is 0.0166. The fourth-order valence-electron chi connectivity index (χ4n) is 2.29. The summed E-state index contributed by atoms with van der Waals surface area (Å²) in [6.45, 7) is 0.972. The van der Waals surface area contributed by atoms with Crippen LogP contribution < -0.4 is 0 Å². The number of piperidine rings is 1. The molecule has 0 N–H and O–H groups in total. The van der Waals surface area contributed by atoms with Crippen molar-refractivity contribution in [3.63, 3.8) is 0 Å². The molecule has 0 aliphatic carbocycles. The van der Waals surface area contributed by atoms with Crippen LogP contribution in [-0.4, -0.2) is 55.8 Å². The molecule has 5 nitrogen and oxygen atoms in total. The van der Waals surface area contributed by atoms with Crippen LogP contribution in [0.2, 0.25) is 10.3 Å². The Morgan fingerprint density at radius 2 is 2.05 bits per heavy atom. The lowest BCUT2D eigenvalue weighted by Crippen LogP contribution is -2.47. The van der Waals surface area contributed by atoms with Crippen molar-refractivity contribution in [1.82, 2.24) is 14.2 Å². The van der Waals surface area contributed by atoms with Crippen molar-refractivity contribution in [3.05, 3.63) is 22.4 Å². The summed E-state index contributed by atoms with van der Waals surface area (Å²) in [4.78, 5) is 5.87. The van der Waals surface area contributed by atoms with Crippen LogP contribution in [0.1, 0.15) is 12.8 Å². The molecule has 0 amide bonds. The van der Waals surface area contributed by atoms with Crippen LogP contribution in [0.5, 0.6) is 0 Å². The van der Waals surface area contributed by atoms with Gasteiger partial charge >= 0.3 is 0 Å². The van der Waals surface area contributed by atoms with Gasteiger partial charge in [0, 0.05) is 19.1 Å². The molecule has 1 atom stereocenters. The Hall–Kier alpha value is -0.400. The minimum atomic E-state index is -3.62. The highest BCUT2D eigenvalue weighted by atomic mass is 35.5. The Balaban J connectivity index is 2.30. The average Bonchev–Trinajstić information content (AvgIpc) is 2.38. The van der Waals surface area contributed by atoms with Crippen LogP contribution in [0, 0.1) is 0 Å². The van der Waals surface area contributed by atoms with E-state index in [1.807, 2.05) is 19.0 Å². The van der Waals surface area contributed by atoms with Crippen molar-refractivity contribution < 1.29 is 8.42 Å². The van der Waals surface area contributed by atoms with Crippen molar-refractivity contribution in [1.29, 1.82) is 0 Å². The van der Waals surface area contributed by atoms with Gasteiger partial charge in [0.15, 0.2) is 5.15 Å². The monoisotopic (exact) mass is 337 g/mol. The maximum absolute atomic E-state index is 12.6. The molecule has 1 aliphatic heterocycles. The van der Waals surface area contributed by atoms with Crippen LogP contribution in [0.15, 0.2) is 17.0 Å².